The lowest BCUT2D eigenvalue weighted by atomic mass is 10.0. The maximum atomic E-state index is 6.49. The van der Waals surface area contributed by atoms with E-state index in [0.717, 1.165) is 75.0 Å². The maximum Gasteiger partial charge on any atom is 0.179 e. The lowest BCUT2D eigenvalue weighted by molar-refractivity contribution is 0.324. The normalized spacial score (nSPS) is 16.8. The van der Waals surface area contributed by atoms with Crippen molar-refractivity contribution in [3.05, 3.63) is 196 Å². The zero-order valence-corrected chi connectivity index (χ0v) is 30.4. The van der Waals surface area contributed by atoms with E-state index in [1.807, 2.05) is 42.5 Å². The largest absolute Gasteiger partial charge is 0.456 e. The molecule has 0 fully saturated rings. The van der Waals surface area contributed by atoms with Gasteiger partial charge >= 0.3 is 0 Å². The molecule has 8 rings (SSSR count). The van der Waals surface area contributed by atoms with Crippen LogP contribution in [0.15, 0.2) is 183 Å². The molecule has 3 aliphatic rings. The SMILES string of the molecule is C=N/C(=C1/OC2=C(C=CCC2)C1=NCc1cccc(N2CN(c3ccccc3N=C)C(/C=C\c3ccccc3C)=Cc3ccccc32)c1)c1ccccc1. The number of aryl methyl sites for hydroxylation is 1. The second-order valence-corrected chi connectivity index (χ2v) is 13.4. The first-order chi connectivity index (χ1) is 26.6. The third-order valence-electron chi connectivity index (χ3n) is 9.97. The van der Waals surface area contributed by atoms with Gasteiger partial charge in [0.2, 0.25) is 0 Å². The average Bonchev–Trinajstić information content (AvgIpc) is 3.49. The Labute approximate surface area is 317 Å². The van der Waals surface area contributed by atoms with Crippen molar-refractivity contribution < 1.29 is 4.74 Å². The molecule has 2 aliphatic heterocycles. The van der Waals surface area contributed by atoms with Crippen molar-refractivity contribution in [1.82, 2.24) is 0 Å². The monoisotopic (exact) mass is 703 g/mol. The van der Waals surface area contributed by atoms with Crippen LogP contribution in [0.5, 0.6) is 0 Å². The van der Waals surface area contributed by atoms with Gasteiger partial charge in [-0.15, -0.1) is 0 Å². The van der Waals surface area contributed by atoms with Gasteiger partial charge in [0.05, 0.1) is 23.6 Å². The van der Waals surface area contributed by atoms with Gasteiger partial charge in [-0.3, -0.25) is 15.0 Å². The number of anilines is 3. The molecule has 0 N–H and O–H groups in total. The van der Waals surface area contributed by atoms with Gasteiger partial charge in [0.25, 0.3) is 0 Å². The number of hydrogen-bond donors (Lipinski definition) is 0. The number of ether oxygens (including phenoxy) is 1. The number of rotatable bonds is 9. The molecule has 54 heavy (non-hydrogen) atoms. The quantitative estimate of drug-likeness (QED) is 0.144. The minimum atomic E-state index is 0.463. The van der Waals surface area contributed by atoms with Crippen LogP contribution in [0.25, 0.3) is 17.8 Å². The Morgan fingerprint density at radius 3 is 2.41 bits per heavy atom. The lowest BCUT2D eigenvalue weighted by Gasteiger charge is -2.33. The summed E-state index contributed by atoms with van der Waals surface area (Å²) in [6.45, 7) is 11.0. The van der Waals surface area contributed by atoms with Gasteiger partial charge < -0.3 is 14.5 Å². The summed E-state index contributed by atoms with van der Waals surface area (Å²) in [5.41, 5.74) is 13.1. The molecule has 2 heterocycles. The number of hydrogen-bond acceptors (Lipinski definition) is 6. The molecule has 5 aromatic rings. The molecule has 0 saturated carbocycles. The Morgan fingerprint density at radius 2 is 1.57 bits per heavy atom. The Morgan fingerprint density at radius 1 is 0.796 bits per heavy atom. The molecule has 0 radical (unpaired) electrons. The summed E-state index contributed by atoms with van der Waals surface area (Å²) in [7, 11) is 0. The third-order valence-corrected chi connectivity index (χ3v) is 9.97. The van der Waals surface area contributed by atoms with Crippen LogP contribution in [-0.2, 0) is 11.3 Å². The van der Waals surface area contributed by atoms with Crippen LogP contribution in [0.3, 0.4) is 0 Å². The first-order valence-electron chi connectivity index (χ1n) is 18.2. The number of nitrogens with zero attached hydrogens (tertiary/aromatic N) is 5. The standard InChI is InChI=1S/C48H41N5O/c1-34-16-7-8-18-36(34)28-29-40-31-38-21-9-12-25-43(38)52(33-53(40)44-26-13-11-24-42(44)49-2)39-22-15-17-35(30-39)32-51-47-41-23-10-14-27-45(41)54-48(47)46(50-3)37-19-5-4-6-20-37/h4-13,15-26,28-31H,2-3,14,27,32-33H2,1H3/b29-28-,48-46+,51-47?. The van der Waals surface area contributed by atoms with Crippen molar-refractivity contribution in [1.29, 1.82) is 0 Å². The van der Waals surface area contributed by atoms with Crippen molar-refractivity contribution in [3.63, 3.8) is 0 Å². The van der Waals surface area contributed by atoms with Crippen molar-refractivity contribution >= 4 is 59.7 Å². The van der Waals surface area contributed by atoms with E-state index in [1.54, 1.807) is 0 Å². The molecule has 0 saturated heterocycles. The number of fused-ring (bicyclic) bond motifs is 1. The molecule has 0 atom stereocenters. The maximum absolute atomic E-state index is 6.49. The number of para-hydroxylation sites is 3. The molecule has 6 nitrogen and oxygen atoms in total. The lowest BCUT2D eigenvalue weighted by Crippen LogP contribution is -2.33. The fourth-order valence-electron chi connectivity index (χ4n) is 7.20. The van der Waals surface area contributed by atoms with Crippen molar-refractivity contribution in [2.24, 2.45) is 15.0 Å². The number of benzene rings is 5. The van der Waals surface area contributed by atoms with Crippen molar-refractivity contribution in [2.45, 2.75) is 26.3 Å². The summed E-state index contributed by atoms with van der Waals surface area (Å²) in [5.74, 6) is 1.60. The van der Waals surface area contributed by atoms with Crippen LogP contribution in [0.4, 0.5) is 22.7 Å². The molecular weight excluding hydrogens is 663 g/mol. The minimum Gasteiger partial charge on any atom is -0.456 e. The summed E-state index contributed by atoms with van der Waals surface area (Å²) in [4.78, 5) is 18.8. The molecule has 264 valence electrons. The summed E-state index contributed by atoms with van der Waals surface area (Å²) in [6, 6.07) is 43.9. The van der Waals surface area contributed by atoms with Crippen molar-refractivity contribution in [2.75, 3.05) is 16.5 Å². The second-order valence-electron chi connectivity index (χ2n) is 13.4. The second kappa shape index (κ2) is 15.4. The van der Waals surface area contributed by atoms with Crippen molar-refractivity contribution in [3.8, 4) is 0 Å². The van der Waals surface area contributed by atoms with Gasteiger partial charge in [0.1, 0.15) is 23.8 Å². The van der Waals surface area contributed by atoms with Crippen LogP contribution < -0.4 is 9.80 Å². The molecule has 0 aromatic heterocycles. The summed E-state index contributed by atoms with van der Waals surface area (Å²) >= 11 is 0. The van der Waals surface area contributed by atoms with E-state index in [0.29, 0.717) is 24.7 Å². The summed E-state index contributed by atoms with van der Waals surface area (Å²) in [5, 5.41) is 0. The molecule has 0 bridgehead atoms. The van der Waals surface area contributed by atoms with E-state index in [4.69, 9.17) is 9.73 Å². The number of aliphatic imine (C=N–C) groups is 3. The van der Waals surface area contributed by atoms with Crippen LogP contribution in [0, 0.1) is 6.92 Å². The average molecular weight is 704 g/mol. The topological polar surface area (TPSA) is 52.8 Å². The fourth-order valence-corrected chi connectivity index (χ4v) is 7.20. The molecule has 0 amide bonds. The van der Waals surface area contributed by atoms with E-state index in [9.17, 15) is 0 Å². The highest BCUT2D eigenvalue weighted by molar-refractivity contribution is 6.19. The molecular formula is C48H41N5O. The highest BCUT2D eigenvalue weighted by atomic mass is 16.5. The number of allylic oxidation sites excluding steroid dienone is 5. The van der Waals surface area contributed by atoms with E-state index in [2.05, 4.69) is 155 Å². The predicted octanol–water partition coefficient (Wildman–Crippen LogP) is 11.6. The van der Waals surface area contributed by atoms with Gasteiger partial charge in [0.15, 0.2) is 5.76 Å². The van der Waals surface area contributed by atoms with Gasteiger partial charge in [0, 0.05) is 34.5 Å². The Hall–Kier alpha value is -6.79. The van der Waals surface area contributed by atoms with Crippen LogP contribution >= 0.6 is 0 Å². The zero-order valence-electron chi connectivity index (χ0n) is 30.4. The Kier molecular flexibility index (Phi) is 9.81. The van der Waals surface area contributed by atoms with E-state index in [-0.39, 0.29) is 0 Å². The van der Waals surface area contributed by atoms with Gasteiger partial charge in [-0.05, 0) is 86.0 Å². The summed E-state index contributed by atoms with van der Waals surface area (Å²) in [6.07, 6.45) is 12.7. The molecule has 6 heteroatoms. The fraction of sp³-hybridized carbons (Fsp3) is 0.104. The van der Waals surface area contributed by atoms with Crippen LogP contribution in [0.2, 0.25) is 0 Å². The molecule has 0 unspecified atom stereocenters. The smallest absolute Gasteiger partial charge is 0.179 e. The van der Waals surface area contributed by atoms with Crippen LogP contribution in [-0.4, -0.2) is 25.8 Å². The van der Waals surface area contributed by atoms with E-state index in [1.165, 1.54) is 11.1 Å². The highest BCUT2D eigenvalue weighted by Crippen LogP contribution is 2.40. The van der Waals surface area contributed by atoms with Gasteiger partial charge in [-0.1, -0.05) is 115 Å². The van der Waals surface area contributed by atoms with E-state index < -0.39 is 0 Å². The Balaban J connectivity index is 1.19. The van der Waals surface area contributed by atoms with E-state index >= 15 is 0 Å². The third kappa shape index (κ3) is 6.89. The molecule has 0 spiro atoms. The van der Waals surface area contributed by atoms with Crippen LogP contribution in [0.1, 0.15) is 40.7 Å². The van der Waals surface area contributed by atoms with Gasteiger partial charge in [-0.2, -0.15) is 0 Å². The van der Waals surface area contributed by atoms with Gasteiger partial charge in [-0.25, -0.2) is 0 Å². The molecule has 1 aliphatic carbocycles. The molecule has 5 aromatic carbocycles. The Bertz CT molecular complexity index is 2430. The zero-order chi connectivity index (χ0) is 36.9. The first-order valence-corrected chi connectivity index (χ1v) is 18.2. The predicted molar refractivity (Wildman–Crippen MR) is 227 cm³/mol. The minimum absolute atomic E-state index is 0.463. The summed E-state index contributed by atoms with van der Waals surface area (Å²) < 4.78 is 6.49. The first kappa shape index (κ1) is 34.3. The highest BCUT2D eigenvalue weighted by Gasteiger charge is 2.31.